The molecule has 4 nitrogen and oxygen atoms in total. The molecule has 5 heteroatoms. The largest absolute Gasteiger partial charge is 0.493 e. The van der Waals surface area contributed by atoms with E-state index in [4.69, 9.17) is 31.5 Å². The molecule has 1 aromatic rings. The van der Waals surface area contributed by atoms with Crippen molar-refractivity contribution in [2.24, 2.45) is 11.7 Å². The van der Waals surface area contributed by atoms with Gasteiger partial charge in [-0.05, 0) is 43.7 Å². The van der Waals surface area contributed by atoms with Gasteiger partial charge in [0.15, 0.2) is 11.5 Å². The van der Waals surface area contributed by atoms with Gasteiger partial charge >= 0.3 is 0 Å². The quantitative estimate of drug-likeness (QED) is 0.836. The molecule has 0 bridgehead atoms. The SMILES string of the molecule is CCOC1CC(CC(N)c2cc(OC)c(OC)cc2Cl)C1. The molecule has 0 saturated heterocycles. The van der Waals surface area contributed by atoms with E-state index in [2.05, 4.69) is 0 Å². The van der Waals surface area contributed by atoms with Gasteiger partial charge in [0.05, 0.1) is 20.3 Å². The van der Waals surface area contributed by atoms with Crippen LogP contribution in [-0.4, -0.2) is 26.9 Å². The lowest BCUT2D eigenvalue weighted by molar-refractivity contribution is -0.0282. The van der Waals surface area contributed by atoms with Gasteiger partial charge in [-0.1, -0.05) is 11.6 Å². The van der Waals surface area contributed by atoms with E-state index in [-0.39, 0.29) is 6.04 Å². The second-order valence-electron chi connectivity index (χ2n) is 5.49. The third kappa shape index (κ3) is 3.82. The van der Waals surface area contributed by atoms with Crippen molar-refractivity contribution in [3.8, 4) is 11.5 Å². The molecule has 2 N–H and O–H groups in total. The van der Waals surface area contributed by atoms with E-state index < -0.39 is 0 Å². The predicted octanol–water partition coefficient (Wildman–Crippen LogP) is 3.56. The molecule has 0 spiro atoms. The molecular formula is C16H24ClNO3. The first-order valence-electron chi connectivity index (χ1n) is 7.37. The summed E-state index contributed by atoms with van der Waals surface area (Å²) in [5, 5.41) is 0.626. The summed E-state index contributed by atoms with van der Waals surface area (Å²) >= 11 is 6.31. The molecule has 1 fully saturated rings. The van der Waals surface area contributed by atoms with Gasteiger partial charge in [0.25, 0.3) is 0 Å². The molecule has 0 amide bonds. The lowest BCUT2D eigenvalue weighted by Crippen LogP contribution is -2.33. The van der Waals surface area contributed by atoms with Crippen molar-refractivity contribution in [1.29, 1.82) is 0 Å². The highest BCUT2D eigenvalue weighted by Crippen LogP contribution is 2.40. The maximum absolute atomic E-state index is 6.32. The third-order valence-electron chi connectivity index (χ3n) is 4.08. The van der Waals surface area contributed by atoms with Crippen molar-refractivity contribution in [3.63, 3.8) is 0 Å². The molecule has 1 aliphatic carbocycles. The Morgan fingerprint density at radius 2 is 1.86 bits per heavy atom. The first kappa shape index (κ1) is 16.4. The number of rotatable bonds is 7. The average molecular weight is 314 g/mol. The summed E-state index contributed by atoms with van der Waals surface area (Å²) in [5.74, 6) is 1.90. The van der Waals surface area contributed by atoms with E-state index in [9.17, 15) is 0 Å². The van der Waals surface area contributed by atoms with Gasteiger partial charge in [-0.2, -0.15) is 0 Å². The second-order valence-corrected chi connectivity index (χ2v) is 5.89. The smallest absolute Gasteiger partial charge is 0.162 e. The number of ether oxygens (including phenoxy) is 3. The summed E-state index contributed by atoms with van der Waals surface area (Å²) in [6, 6.07) is 3.55. The molecular weight excluding hydrogens is 290 g/mol. The zero-order chi connectivity index (χ0) is 15.4. The number of benzene rings is 1. The molecule has 0 aromatic heterocycles. The molecule has 1 atom stereocenters. The number of nitrogens with two attached hydrogens (primary N) is 1. The van der Waals surface area contributed by atoms with Crippen molar-refractivity contribution in [1.82, 2.24) is 0 Å². The van der Waals surface area contributed by atoms with E-state index in [1.165, 1.54) is 0 Å². The summed E-state index contributed by atoms with van der Waals surface area (Å²) in [6.45, 7) is 2.81. The highest BCUT2D eigenvalue weighted by molar-refractivity contribution is 6.31. The number of halogens is 1. The number of hydrogen-bond donors (Lipinski definition) is 1. The van der Waals surface area contributed by atoms with Gasteiger partial charge in [-0.3, -0.25) is 0 Å². The minimum atomic E-state index is -0.0927. The fourth-order valence-corrected chi connectivity index (χ4v) is 3.17. The van der Waals surface area contributed by atoms with Crippen molar-refractivity contribution in [2.45, 2.75) is 38.3 Å². The van der Waals surface area contributed by atoms with E-state index in [0.29, 0.717) is 28.5 Å². The van der Waals surface area contributed by atoms with Crippen LogP contribution in [0.5, 0.6) is 11.5 Å². The van der Waals surface area contributed by atoms with Gasteiger partial charge in [0.2, 0.25) is 0 Å². The minimum absolute atomic E-state index is 0.0927. The summed E-state index contributed by atoms with van der Waals surface area (Å²) in [5.41, 5.74) is 7.23. The monoisotopic (exact) mass is 313 g/mol. The Balaban J connectivity index is 2.01. The van der Waals surface area contributed by atoms with Crippen LogP contribution in [0.15, 0.2) is 12.1 Å². The van der Waals surface area contributed by atoms with E-state index in [0.717, 1.165) is 31.4 Å². The van der Waals surface area contributed by atoms with E-state index in [1.807, 2.05) is 13.0 Å². The summed E-state index contributed by atoms with van der Waals surface area (Å²) < 4.78 is 16.1. The highest BCUT2D eigenvalue weighted by Gasteiger charge is 2.31. The van der Waals surface area contributed by atoms with Crippen molar-refractivity contribution < 1.29 is 14.2 Å². The minimum Gasteiger partial charge on any atom is -0.493 e. The molecule has 21 heavy (non-hydrogen) atoms. The average Bonchev–Trinajstić information content (AvgIpc) is 2.44. The number of methoxy groups -OCH3 is 2. The molecule has 1 unspecified atom stereocenters. The molecule has 0 radical (unpaired) electrons. The molecule has 0 heterocycles. The number of hydrogen-bond acceptors (Lipinski definition) is 4. The van der Waals surface area contributed by atoms with Crippen LogP contribution in [0.3, 0.4) is 0 Å². The molecule has 0 aliphatic heterocycles. The Hall–Kier alpha value is -0.970. The maximum Gasteiger partial charge on any atom is 0.162 e. The molecule has 118 valence electrons. The first-order chi connectivity index (χ1) is 10.1. The first-order valence-corrected chi connectivity index (χ1v) is 7.75. The zero-order valence-corrected chi connectivity index (χ0v) is 13.7. The Morgan fingerprint density at radius 1 is 1.24 bits per heavy atom. The van der Waals surface area contributed by atoms with Crippen LogP contribution in [0.2, 0.25) is 5.02 Å². The fourth-order valence-electron chi connectivity index (χ4n) is 2.88. The van der Waals surface area contributed by atoms with Gasteiger partial charge in [0, 0.05) is 23.7 Å². The van der Waals surface area contributed by atoms with E-state index in [1.54, 1.807) is 20.3 Å². The van der Waals surface area contributed by atoms with E-state index >= 15 is 0 Å². The lowest BCUT2D eigenvalue weighted by Gasteiger charge is -2.36. The molecule has 2 rings (SSSR count). The van der Waals surface area contributed by atoms with Crippen LogP contribution in [-0.2, 0) is 4.74 Å². The van der Waals surface area contributed by atoms with Crippen molar-refractivity contribution in [2.75, 3.05) is 20.8 Å². The van der Waals surface area contributed by atoms with Crippen molar-refractivity contribution in [3.05, 3.63) is 22.7 Å². The van der Waals surface area contributed by atoms with Crippen LogP contribution in [0, 0.1) is 5.92 Å². The highest BCUT2D eigenvalue weighted by atomic mass is 35.5. The Kier molecular flexibility index (Phi) is 5.73. The summed E-state index contributed by atoms with van der Waals surface area (Å²) in [7, 11) is 3.20. The van der Waals surface area contributed by atoms with Gasteiger partial charge < -0.3 is 19.9 Å². The van der Waals surface area contributed by atoms with Gasteiger partial charge in [-0.25, -0.2) is 0 Å². The zero-order valence-electron chi connectivity index (χ0n) is 12.9. The standard InChI is InChI=1S/C16H24ClNO3/c1-4-21-11-5-10(6-11)7-14(18)12-8-15(19-2)16(20-3)9-13(12)17/h8-11,14H,4-7,18H2,1-3H3. The molecule has 1 aliphatic rings. The fraction of sp³-hybridized carbons (Fsp3) is 0.625. The van der Waals surface area contributed by atoms with Crippen LogP contribution in [0.25, 0.3) is 0 Å². The van der Waals surface area contributed by atoms with Crippen LogP contribution >= 0.6 is 11.6 Å². The van der Waals surface area contributed by atoms with Crippen LogP contribution < -0.4 is 15.2 Å². The van der Waals surface area contributed by atoms with Crippen LogP contribution in [0.4, 0.5) is 0 Å². The maximum atomic E-state index is 6.32. The Labute approximate surface area is 131 Å². The van der Waals surface area contributed by atoms with Crippen molar-refractivity contribution >= 4 is 11.6 Å². The predicted molar refractivity (Wildman–Crippen MR) is 84.2 cm³/mol. The molecule has 1 saturated carbocycles. The summed E-state index contributed by atoms with van der Waals surface area (Å²) in [6.07, 6.45) is 3.51. The van der Waals surface area contributed by atoms with Gasteiger partial charge in [-0.15, -0.1) is 0 Å². The molecule has 1 aromatic carbocycles. The summed E-state index contributed by atoms with van der Waals surface area (Å²) in [4.78, 5) is 0. The van der Waals surface area contributed by atoms with Crippen LogP contribution in [0.1, 0.15) is 37.8 Å². The normalized spacial score (nSPS) is 22.5. The third-order valence-corrected chi connectivity index (χ3v) is 4.41. The lowest BCUT2D eigenvalue weighted by atomic mass is 9.77. The second kappa shape index (κ2) is 7.34. The van der Waals surface area contributed by atoms with Gasteiger partial charge in [0.1, 0.15) is 0 Å². The topological polar surface area (TPSA) is 53.7 Å². The Bertz CT molecular complexity index is 475. The Morgan fingerprint density at radius 3 is 2.43 bits per heavy atom.